The maximum Gasteiger partial charge on any atom is 0.310 e. The highest BCUT2D eigenvalue weighted by Gasteiger charge is 2.66. The van der Waals surface area contributed by atoms with Gasteiger partial charge in [-0.25, -0.2) is 10.3 Å². The number of carbonyl (C=O) groups excluding carboxylic acids is 2. The first kappa shape index (κ1) is 22.1. The van der Waals surface area contributed by atoms with Crippen LogP contribution in [0, 0.1) is 0 Å². The van der Waals surface area contributed by atoms with Gasteiger partial charge in [0.25, 0.3) is 11.7 Å². The van der Waals surface area contributed by atoms with Crippen molar-refractivity contribution in [1.82, 2.24) is 4.90 Å². The third kappa shape index (κ3) is 3.64. The summed E-state index contributed by atoms with van der Waals surface area (Å²) in [5.41, 5.74) is 0.290. The van der Waals surface area contributed by atoms with E-state index < -0.39 is 42.0 Å². The summed E-state index contributed by atoms with van der Waals surface area (Å²) < 4.78 is 18.1. The summed E-state index contributed by atoms with van der Waals surface area (Å²) in [5, 5.41) is 10.3. The van der Waals surface area contributed by atoms with Crippen LogP contribution in [0.2, 0.25) is 0 Å². The van der Waals surface area contributed by atoms with Gasteiger partial charge in [-0.3, -0.25) is 19.4 Å². The molecule has 1 aromatic carbocycles. The van der Waals surface area contributed by atoms with E-state index in [2.05, 4.69) is 4.99 Å². The van der Waals surface area contributed by atoms with Crippen molar-refractivity contribution in [3.8, 4) is 0 Å². The lowest BCUT2D eigenvalue weighted by atomic mass is 9.76. The van der Waals surface area contributed by atoms with E-state index in [1.165, 1.54) is 4.90 Å². The maximum absolute atomic E-state index is 13.4. The summed E-state index contributed by atoms with van der Waals surface area (Å²) in [6.07, 6.45) is 3.78. The van der Waals surface area contributed by atoms with Crippen LogP contribution in [0.1, 0.15) is 38.7 Å². The number of nitrogens with two attached hydrogens (primary N) is 1. The fraction of sp³-hybridized carbons (Fsp3) is 0.476. The van der Waals surface area contributed by atoms with E-state index in [1.54, 1.807) is 19.2 Å². The van der Waals surface area contributed by atoms with Gasteiger partial charge in [0, 0.05) is 11.9 Å². The first-order valence-corrected chi connectivity index (χ1v) is 9.77. The molecule has 2 saturated heterocycles. The van der Waals surface area contributed by atoms with Crippen molar-refractivity contribution in [2.24, 2.45) is 10.9 Å². The molecule has 3 rings (SSSR count). The van der Waals surface area contributed by atoms with Crippen molar-refractivity contribution in [3.63, 3.8) is 0 Å². The second-order valence-corrected chi connectivity index (χ2v) is 7.49. The van der Waals surface area contributed by atoms with Gasteiger partial charge in [-0.1, -0.05) is 36.4 Å². The molecule has 2 aliphatic heterocycles. The number of aliphatic hydroxyl groups is 1. The number of β-lactam (4-membered cyclic amide) rings is 1. The third-order valence-corrected chi connectivity index (χ3v) is 5.82. The number of carbonyl (C=O) groups is 2. The minimum absolute atomic E-state index is 0.223. The number of benzene rings is 1. The monoisotopic (exact) mass is 419 g/mol. The maximum atomic E-state index is 13.4. The van der Waals surface area contributed by atoms with E-state index in [9.17, 15) is 19.1 Å². The third-order valence-electron chi connectivity index (χ3n) is 5.82. The number of likely N-dealkylation sites (tertiary alicyclic amines) is 1. The van der Waals surface area contributed by atoms with Gasteiger partial charge in [0.05, 0.1) is 12.5 Å². The molecule has 8 nitrogen and oxygen atoms in total. The van der Waals surface area contributed by atoms with E-state index in [4.69, 9.17) is 15.5 Å². The zero-order chi connectivity index (χ0) is 21.9. The lowest BCUT2D eigenvalue weighted by Crippen LogP contribution is -2.78. The zero-order valence-electron chi connectivity index (χ0n) is 17.0. The normalized spacial score (nSPS) is 31.9. The van der Waals surface area contributed by atoms with Crippen molar-refractivity contribution >= 4 is 17.6 Å². The Balaban J connectivity index is 1.80. The molecule has 2 heterocycles. The number of aliphatic imine (C=N–C) groups is 1. The van der Waals surface area contributed by atoms with Crippen LogP contribution in [0.4, 0.5) is 4.39 Å². The van der Waals surface area contributed by atoms with Crippen LogP contribution in [0.5, 0.6) is 0 Å². The lowest BCUT2D eigenvalue weighted by Gasteiger charge is -2.56. The van der Waals surface area contributed by atoms with Gasteiger partial charge in [0.15, 0.2) is 12.3 Å². The Morgan fingerprint density at radius 3 is 2.70 bits per heavy atom. The minimum atomic E-state index is -2.36. The average molecular weight is 419 g/mol. The Bertz CT molecular complexity index is 861. The summed E-state index contributed by atoms with van der Waals surface area (Å²) >= 11 is 0. The number of allylic oxidation sites excluding steroid dienone is 1. The Kier molecular flexibility index (Phi) is 6.35. The van der Waals surface area contributed by atoms with Gasteiger partial charge in [0.2, 0.25) is 0 Å². The zero-order valence-corrected chi connectivity index (χ0v) is 17.0. The first-order valence-electron chi connectivity index (χ1n) is 9.77. The average Bonchev–Trinajstić information content (AvgIpc) is 3.05. The molecule has 162 valence electrons. The van der Waals surface area contributed by atoms with Crippen LogP contribution < -0.4 is 5.90 Å². The van der Waals surface area contributed by atoms with Gasteiger partial charge in [-0.05, 0) is 32.3 Å². The molecule has 0 aromatic heterocycles. The second-order valence-electron chi connectivity index (χ2n) is 7.49. The fourth-order valence-corrected chi connectivity index (χ4v) is 4.11. The quantitative estimate of drug-likeness (QED) is 0.286. The van der Waals surface area contributed by atoms with Crippen LogP contribution in [-0.4, -0.2) is 57.7 Å². The van der Waals surface area contributed by atoms with Crippen LogP contribution in [-0.2, 0) is 19.2 Å². The molecule has 0 spiro atoms. The van der Waals surface area contributed by atoms with Gasteiger partial charge in [0.1, 0.15) is 6.04 Å². The highest BCUT2D eigenvalue weighted by Crippen LogP contribution is 2.44. The largest absolute Gasteiger partial charge is 0.428 e. The molecule has 0 saturated carbocycles. The molecule has 3 unspecified atom stereocenters. The van der Waals surface area contributed by atoms with Gasteiger partial charge in [-0.15, -0.1) is 0 Å². The molecule has 3 N–H and O–H groups in total. The SMILES string of the molecule is C/C=C\N=C(CCC1(ON)C(=O)N(C2CC(=O)O[C@]2(O)CF)C1C)c1ccccc1. The number of alkyl halides is 1. The highest BCUT2D eigenvalue weighted by atomic mass is 19.1. The van der Waals surface area contributed by atoms with Crippen molar-refractivity contribution in [2.45, 2.75) is 56.6 Å². The Morgan fingerprint density at radius 1 is 1.43 bits per heavy atom. The molecular weight excluding hydrogens is 393 g/mol. The van der Waals surface area contributed by atoms with E-state index in [0.29, 0.717) is 6.42 Å². The summed E-state index contributed by atoms with van der Waals surface area (Å²) in [6.45, 7) is 2.22. The number of cyclic esters (lactones) is 1. The van der Waals surface area contributed by atoms with Crippen molar-refractivity contribution in [3.05, 3.63) is 48.2 Å². The topological polar surface area (TPSA) is 114 Å². The number of hydrogen-bond donors (Lipinski definition) is 2. The van der Waals surface area contributed by atoms with Crippen LogP contribution in [0.25, 0.3) is 0 Å². The molecule has 2 aliphatic rings. The van der Waals surface area contributed by atoms with Crippen molar-refractivity contribution in [2.75, 3.05) is 6.67 Å². The number of nitrogens with zero attached hydrogens (tertiary/aromatic N) is 2. The predicted molar refractivity (Wildman–Crippen MR) is 107 cm³/mol. The Morgan fingerprint density at radius 2 is 2.13 bits per heavy atom. The number of rotatable bonds is 8. The second kappa shape index (κ2) is 8.63. The van der Waals surface area contributed by atoms with E-state index >= 15 is 0 Å². The number of halogens is 1. The van der Waals surface area contributed by atoms with Crippen molar-refractivity contribution < 1.29 is 28.7 Å². The molecule has 4 atom stereocenters. The molecule has 2 fully saturated rings. The fourth-order valence-electron chi connectivity index (χ4n) is 4.11. The summed E-state index contributed by atoms with van der Waals surface area (Å²) in [4.78, 5) is 35.5. The molecule has 9 heteroatoms. The molecule has 0 radical (unpaired) electrons. The van der Waals surface area contributed by atoms with E-state index in [0.717, 1.165) is 11.3 Å². The standard InChI is InChI=1S/C21H26FN3O5/c1-3-11-24-16(15-7-5-4-6-8-15)9-10-20(30-23)14(2)25(19(20)27)17-12-18(26)29-21(17,28)13-22/h3-8,11,14,17,28H,9-10,12-13,23H2,1-2H3/b11-3-,24-16?/t14?,17?,20?,21-/m1/s1. The smallest absolute Gasteiger partial charge is 0.310 e. The van der Waals surface area contributed by atoms with Gasteiger partial charge >= 0.3 is 5.97 Å². The minimum Gasteiger partial charge on any atom is -0.428 e. The first-order chi connectivity index (χ1) is 14.3. The number of ether oxygens (including phenoxy) is 1. The van der Waals surface area contributed by atoms with Crippen LogP contribution in [0.3, 0.4) is 0 Å². The lowest BCUT2D eigenvalue weighted by molar-refractivity contribution is -0.247. The van der Waals surface area contributed by atoms with Gasteiger partial charge < -0.3 is 14.7 Å². The number of amides is 1. The predicted octanol–water partition coefficient (Wildman–Crippen LogP) is 1.62. The van der Waals surface area contributed by atoms with Crippen LogP contribution >= 0.6 is 0 Å². The molecule has 30 heavy (non-hydrogen) atoms. The van der Waals surface area contributed by atoms with Crippen LogP contribution in [0.15, 0.2) is 47.6 Å². The summed E-state index contributed by atoms with van der Waals surface area (Å²) in [7, 11) is 0. The highest BCUT2D eigenvalue weighted by molar-refractivity contribution is 6.02. The Hall–Kier alpha value is -2.62. The molecule has 1 aromatic rings. The van der Waals surface area contributed by atoms with Crippen molar-refractivity contribution in [1.29, 1.82) is 0 Å². The summed E-state index contributed by atoms with van der Waals surface area (Å²) in [5.74, 6) is 1.88. The van der Waals surface area contributed by atoms with E-state index in [-0.39, 0.29) is 12.8 Å². The van der Waals surface area contributed by atoms with E-state index in [1.807, 2.05) is 37.3 Å². The molecular formula is C21H26FN3O5. The number of hydrogen-bond acceptors (Lipinski definition) is 7. The summed E-state index contributed by atoms with van der Waals surface area (Å²) in [6, 6.07) is 7.77. The molecule has 1 amide bonds. The van der Waals surface area contributed by atoms with Gasteiger partial charge in [-0.2, -0.15) is 0 Å². The molecule has 0 bridgehead atoms. The molecule has 0 aliphatic carbocycles. The Labute approximate surface area is 174 Å². The number of esters is 1.